The Morgan fingerprint density at radius 2 is 1.84 bits per heavy atom. The van der Waals surface area contributed by atoms with E-state index in [1.165, 1.54) is 19.3 Å². The molecule has 0 radical (unpaired) electrons. The first-order valence-electron chi connectivity index (χ1n) is 11.8. The molecule has 5 aliphatic rings. The minimum absolute atomic E-state index is 0.00179. The summed E-state index contributed by atoms with van der Waals surface area (Å²) in [4.78, 5) is 27.4. The monoisotopic (exact) mass is 420 g/mol. The van der Waals surface area contributed by atoms with Crippen LogP contribution in [-0.2, 0) is 16.9 Å². The summed E-state index contributed by atoms with van der Waals surface area (Å²) in [6.45, 7) is 6.35. The molecule has 31 heavy (non-hydrogen) atoms. The number of pyridine rings is 1. The van der Waals surface area contributed by atoms with Gasteiger partial charge in [-0.15, -0.1) is 0 Å². The maximum absolute atomic E-state index is 13.9. The zero-order chi connectivity index (χ0) is 21.1. The molecule has 1 saturated heterocycles. The number of nitrogens with zero attached hydrogens (tertiary/aromatic N) is 6. The molecular formula is C24H32N6O. The Labute approximate surface area is 183 Å². The number of carbonyl (C=O) groups is 1. The highest BCUT2D eigenvalue weighted by Gasteiger charge is 2.62. The van der Waals surface area contributed by atoms with E-state index < -0.39 is 0 Å². The van der Waals surface area contributed by atoms with Crippen LogP contribution in [0, 0.1) is 24.2 Å². The van der Waals surface area contributed by atoms with E-state index in [4.69, 9.17) is 5.10 Å². The fourth-order valence-electron chi connectivity index (χ4n) is 7.47. The number of hydrogen-bond acceptors (Lipinski definition) is 5. The maximum Gasteiger partial charge on any atom is 0.228 e. The van der Waals surface area contributed by atoms with E-state index in [0.717, 1.165) is 63.5 Å². The van der Waals surface area contributed by atoms with Gasteiger partial charge in [0.05, 0.1) is 16.6 Å². The van der Waals surface area contributed by atoms with E-state index >= 15 is 0 Å². The van der Waals surface area contributed by atoms with Crippen LogP contribution in [0.25, 0.3) is 0 Å². The van der Waals surface area contributed by atoms with Crippen molar-refractivity contribution in [1.82, 2.24) is 29.5 Å². The van der Waals surface area contributed by atoms with Crippen LogP contribution in [0.15, 0.2) is 30.7 Å². The molecule has 2 atom stereocenters. The summed E-state index contributed by atoms with van der Waals surface area (Å²) in [5, 5.41) is 4.72. The summed E-state index contributed by atoms with van der Waals surface area (Å²) in [5.41, 5.74) is 0.919. The third-order valence-corrected chi connectivity index (χ3v) is 8.35. The summed E-state index contributed by atoms with van der Waals surface area (Å²) < 4.78 is 2.13. The molecule has 1 amide bonds. The first-order valence-corrected chi connectivity index (χ1v) is 11.8. The van der Waals surface area contributed by atoms with Crippen LogP contribution in [0.5, 0.6) is 0 Å². The molecule has 4 aliphatic carbocycles. The van der Waals surface area contributed by atoms with Crippen molar-refractivity contribution in [1.29, 1.82) is 0 Å². The SMILES string of the molecule is Cc1ncn(C23C[C@@H]4C[C@H](CC(C(=O)N5CCN(Cc6ccccn6)CC5)(C4)C2)C3)n1. The second-order valence-electron chi connectivity index (χ2n) is 10.6. The normalized spacial score (nSPS) is 34.9. The summed E-state index contributed by atoms with van der Waals surface area (Å²) in [6.07, 6.45) is 10.5. The Bertz CT molecular complexity index is 949. The maximum atomic E-state index is 13.9. The highest BCUT2D eigenvalue weighted by Crippen LogP contribution is 2.64. The first kappa shape index (κ1) is 19.4. The topological polar surface area (TPSA) is 67.2 Å². The molecule has 7 nitrogen and oxygen atoms in total. The molecule has 7 heteroatoms. The van der Waals surface area contributed by atoms with Gasteiger partial charge < -0.3 is 4.90 Å². The Morgan fingerprint density at radius 3 is 2.48 bits per heavy atom. The molecule has 0 spiro atoms. The molecule has 7 rings (SSSR count). The van der Waals surface area contributed by atoms with Crippen LogP contribution in [-0.4, -0.2) is 61.6 Å². The number of hydrogen-bond donors (Lipinski definition) is 0. The van der Waals surface area contributed by atoms with Crippen molar-refractivity contribution in [2.24, 2.45) is 17.3 Å². The zero-order valence-corrected chi connectivity index (χ0v) is 18.4. The standard InChI is InChI=1S/C24H32N6O/c1-18-26-17-30(27-18)24-13-19-10-20(14-24)12-23(11-19,16-24)22(31)29-8-6-28(7-9-29)15-21-4-2-3-5-25-21/h2-5,17,19-20H,6-16H2,1H3/t19-,20-,23?,24?/m1/s1. The van der Waals surface area contributed by atoms with Crippen molar-refractivity contribution < 1.29 is 4.79 Å². The van der Waals surface area contributed by atoms with E-state index in [-0.39, 0.29) is 11.0 Å². The van der Waals surface area contributed by atoms with Gasteiger partial charge in [0.2, 0.25) is 5.91 Å². The molecule has 0 aromatic carbocycles. The number of carbonyl (C=O) groups excluding carboxylic acids is 1. The second kappa shape index (κ2) is 7.12. The summed E-state index contributed by atoms with van der Waals surface area (Å²) >= 11 is 0. The van der Waals surface area contributed by atoms with Crippen LogP contribution < -0.4 is 0 Å². The molecule has 4 saturated carbocycles. The van der Waals surface area contributed by atoms with Gasteiger partial charge in [-0.05, 0) is 69.4 Å². The molecule has 4 bridgehead atoms. The third kappa shape index (κ3) is 3.28. The Kier molecular flexibility index (Phi) is 4.46. The van der Waals surface area contributed by atoms with E-state index in [2.05, 4.69) is 30.5 Å². The lowest BCUT2D eigenvalue weighted by atomic mass is 9.46. The average molecular weight is 421 g/mol. The highest BCUT2D eigenvalue weighted by atomic mass is 16.2. The molecule has 2 aromatic heterocycles. The number of aromatic nitrogens is 4. The van der Waals surface area contributed by atoms with Crippen molar-refractivity contribution in [2.75, 3.05) is 26.2 Å². The second-order valence-corrected chi connectivity index (χ2v) is 10.6. The van der Waals surface area contributed by atoms with Crippen molar-refractivity contribution in [3.8, 4) is 0 Å². The van der Waals surface area contributed by atoms with Gasteiger partial charge in [0.25, 0.3) is 0 Å². The lowest BCUT2D eigenvalue weighted by Gasteiger charge is -2.61. The minimum Gasteiger partial charge on any atom is -0.340 e. The van der Waals surface area contributed by atoms with E-state index in [1.54, 1.807) is 0 Å². The number of aryl methyl sites for hydroxylation is 1. The van der Waals surface area contributed by atoms with Crippen molar-refractivity contribution in [3.63, 3.8) is 0 Å². The lowest BCUT2D eigenvalue weighted by molar-refractivity contribution is -0.168. The van der Waals surface area contributed by atoms with Gasteiger partial charge in [-0.1, -0.05) is 6.07 Å². The predicted octanol–water partition coefficient (Wildman–Crippen LogP) is 2.62. The van der Waals surface area contributed by atoms with Crippen LogP contribution in [0.4, 0.5) is 0 Å². The van der Waals surface area contributed by atoms with Gasteiger partial charge >= 0.3 is 0 Å². The fraction of sp³-hybridized carbons (Fsp3) is 0.667. The Balaban J connectivity index is 1.18. The molecule has 2 aromatic rings. The first-order chi connectivity index (χ1) is 15.0. The summed E-state index contributed by atoms with van der Waals surface area (Å²) in [7, 11) is 0. The van der Waals surface area contributed by atoms with E-state index in [1.807, 2.05) is 31.6 Å². The zero-order valence-electron chi connectivity index (χ0n) is 18.4. The van der Waals surface area contributed by atoms with Crippen molar-refractivity contribution in [2.45, 2.75) is 57.5 Å². The summed E-state index contributed by atoms with van der Waals surface area (Å²) in [5.74, 6) is 2.56. The molecule has 0 N–H and O–H groups in total. The predicted molar refractivity (Wildman–Crippen MR) is 116 cm³/mol. The largest absolute Gasteiger partial charge is 0.340 e. The minimum atomic E-state index is -0.187. The van der Waals surface area contributed by atoms with Crippen molar-refractivity contribution >= 4 is 5.91 Å². The van der Waals surface area contributed by atoms with Crippen LogP contribution in [0.1, 0.15) is 50.0 Å². The average Bonchev–Trinajstić information content (AvgIpc) is 3.21. The highest BCUT2D eigenvalue weighted by molar-refractivity contribution is 5.83. The molecule has 1 aliphatic heterocycles. The summed E-state index contributed by atoms with van der Waals surface area (Å²) in [6, 6.07) is 6.08. The van der Waals surface area contributed by atoms with Gasteiger partial charge in [-0.25, -0.2) is 9.67 Å². The van der Waals surface area contributed by atoms with Crippen LogP contribution in [0.2, 0.25) is 0 Å². The fourth-order valence-corrected chi connectivity index (χ4v) is 7.47. The van der Waals surface area contributed by atoms with Gasteiger partial charge in [0, 0.05) is 38.9 Å². The van der Waals surface area contributed by atoms with Gasteiger partial charge in [-0.2, -0.15) is 5.10 Å². The Hall–Kier alpha value is -2.28. The van der Waals surface area contributed by atoms with Gasteiger partial charge in [0.1, 0.15) is 12.2 Å². The molecule has 3 heterocycles. The number of amides is 1. The van der Waals surface area contributed by atoms with Gasteiger partial charge in [0.15, 0.2) is 0 Å². The van der Waals surface area contributed by atoms with E-state index in [9.17, 15) is 4.79 Å². The number of piperazine rings is 1. The molecule has 164 valence electrons. The quantitative estimate of drug-likeness (QED) is 0.761. The van der Waals surface area contributed by atoms with Crippen molar-refractivity contribution in [3.05, 3.63) is 42.2 Å². The smallest absolute Gasteiger partial charge is 0.228 e. The molecular weight excluding hydrogens is 388 g/mol. The van der Waals surface area contributed by atoms with E-state index in [0.29, 0.717) is 17.7 Å². The number of rotatable bonds is 4. The van der Waals surface area contributed by atoms with Crippen LogP contribution in [0.3, 0.4) is 0 Å². The lowest BCUT2D eigenvalue weighted by Crippen LogP contribution is -2.62. The van der Waals surface area contributed by atoms with Gasteiger partial charge in [-0.3, -0.25) is 14.7 Å². The van der Waals surface area contributed by atoms with Crippen LogP contribution >= 0.6 is 0 Å². The Morgan fingerprint density at radius 1 is 1.06 bits per heavy atom. The third-order valence-electron chi connectivity index (χ3n) is 8.35. The molecule has 5 fully saturated rings. The molecule has 0 unspecified atom stereocenters.